The van der Waals surface area contributed by atoms with Crippen LogP contribution in [0.2, 0.25) is 5.02 Å². The molecule has 0 saturated carbocycles. The second-order valence-electron chi connectivity index (χ2n) is 5.01. The summed E-state index contributed by atoms with van der Waals surface area (Å²) in [6, 6.07) is 13.2. The fraction of sp³-hybridized carbons (Fsp3) is 0.118. The summed E-state index contributed by atoms with van der Waals surface area (Å²) in [5.41, 5.74) is 6.99. The van der Waals surface area contributed by atoms with Crippen molar-refractivity contribution in [1.29, 1.82) is 0 Å². The molecule has 0 spiro atoms. The van der Waals surface area contributed by atoms with E-state index < -0.39 is 5.91 Å². The number of rotatable bonds is 5. The molecule has 2 N–H and O–H groups in total. The minimum atomic E-state index is -0.555. The van der Waals surface area contributed by atoms with Crippen LogP contribution in [0.25, 0.3) is 11.4 Å². The van der Waals surface area contributed by atoms with Crippen molar-refractivity contribution in [3.63, 3.8) is 0 Å². The maximum Gasteiger partial charge on any atom is 0.264 e. The molecule has 0 aliphatic carbocycles. The third-order valence-electron chi connectivity index (χ3n) is 3.38. The largest absolute Gasteiger partial charge is 0.503 e. The maximum absolute atomic E-state index is 11.3. The van der Waals surface area contributed by atoms with Gasteiger partial charge in [-0.2, -0.15) is 4.98 Å². The summed E-state index contributed by atoms with van der Waals surface area (Å²) in [5.74, 6) is 0.712. The molecule has 8 heteroatoms. The first-order chi connectivity index (χ1) is 11.5. The molecule has 0 saturated heterocycles. The van der Waals surface area contributed by atoms with E-state index in [-0.39, 0.29) is 39.3 Å². The Morgan fingerprint density at radius 2 is 2.04 bits per heavy atom. The molecule has 0 atom stereocenters. The van der Waals surface area contributed by atoms with Crippen molar-refractivity contribution in [2.75, 3.05) is 0 Å². The van der Waals surface area contributed by atoms with Crippen LogP contribution in [-0.4, -0.2) is 16.0 Å². The number of halogens is 1. The molecule has 0 aliphatic heterocycles. The fourth-order valence-corrected chi connectivity index (χ4v) is 2.26. The van der Waals surface area contributed by atoms with Gasteiger partial charge in [-0.15, -0.1) is 18.2 Å². The van der Waals surface area contributed by atoms with Crippen molar-refractivity contribution in [2.24, 2.45) is 5.73 Å². The summed E-state index contributed by atoms with van der Waals surface area (Å²) in [4.78, 5) is 15.6. The summed E-state index contributed by atoms with van der Waals surface area (Å²) in [6.07, 6.45) is 0. The van der Waals surface area contributed by atoms with E-state index in [9.17, 15) is 4.79 Å². The van der Waals surface area contributed by atoms with Crippen LogP contribution >= 0.6 is 11.6 Å². The molecule has 0 unspecified atom stereocenters. The Morgan fingerprint density at radius 3 is 2.72 bits per heavy atom. The second-order valence-corrected chi connectivity index (χ2v) is 5.45. The third-order valence-corrected chi connectivity index (χ3v) is 3.63. The number of carbonyl (C=O) groups is 1. The molecule has 6 nitrogen and oxygen atoms in total. The van der Waals surface area contributed by atoms with E-state index in [1.165, 1.54) is 0 Å². The Labute approximate surface area is 174 Å². The minimum absolute atomic E-state index is 0. The van der Waals surface area contributed by atoms with Crippen molar-refractivity contribution in [3.8, 4) is 17.1 Å². The molecular weight excluding hydrogens is 419 g/mol. The van der Waals surface area contributed by atoms with Crippen LogP contribution in [0.5, 0.6) is 5.75 Å². The number of amides is 1. The first-order valence-electron chi connectivity index (χ1n) is 7.07. The Bertz CT molecular complexity index is 881. The van der Waals surface area contributed by atoms with Crippen LogP contribution in [-0.2, 0) is 39.3 Å². The Morgan fingerprint density at radius 1 is 1.32 bits per heavy atom. The van der Waals surface area contributed by atoms with Gasteiger partial charge in [0.15, 0.2) is 12.5 Å². The van der Waals surface area contributed by atoms with Gasteiger partial charge >= 0.3 is 0 Å². The molecule has 2 aromatic carbocycles. The molecule has 0 fully saturated rings. The van der Waals surface area contributed by atoms with Gasteiger partial charge in [-0.3, -0.25) is 0 Å². The second kappa shape index (κ2) is 8.56. The first kappa shape index (κ1) is 19.6. The molecule has 3 aromatic rings. The predicted molar refractivity (Wildman–Crippen MR) is 87.6 cm³/mol. The van der Waals surface area contributed by atoms with E-state index in [1.54, 1.807) is 43.3 Å². The van der Waals surface area contributed by atoms with Crippen molar-refractivity contribution in [1.82, 2.24) is 10.1 Å². The summed E-state index contributed by atoms with van der Waals surface area (Å²) in [6.45, 7) is 1.81. The quantitative estimate of drug-likeness (QED) is 0.627. The number of hydrogen-bond donors (Lipinski definition) is 1. The zero-order valence-electron chi connectivity index (χ0n) is 13.3. The summed E-state index contributed by atoms with van der Waals surface area (Å²) >= 11 is 5.85. The molecule has 0 aliphatic rings. The first-order valence-corrected chi connectivity index (χ1v) is 7.45. The molecule has 1 heterocycles. The van der Waals surface area contributed by atoms with Gasteiger partial charge < -0.3 is 19.8 Å². The van der Waals surface area contributed by atoms with Crippen LogP contribution < -0.4 is 10.5 Å². The van der Waals surface area contributed by atoms with Gasteiger partial charge in [-0.05, 0) is 24.3 Å². The normalized spacial score (nSPS) is 10.2. The summed E-state index contributed by atoms with van der Waals surface area (Å²) < 4.78 is 10.8. The van der Waals surface area contributed by atoms with Crippen LogP contribution in [0.4, 0.5) is 0 Å². The monoisotopic (exact) mass is 431 g/mol. The number of nitrogens with zero attached hydrogens (tertiary/aromatic N) is 2. The van der Waals surface area contributed by atoms with Gasteiger partial charge in [0.2, 0.25) is 5.82 Å². The molecule has 125 valence electrons. The standard InChI is InChI=1S/C17H13ClN3O3.Y/c1-10-13(16(19)22)3-2-4-14(10)23-9-15-20-17(21-24-15)11-5-7-12(18)8-6-11;/h2,4-8H,9H2,1H3,(H2,19,22);/q-1;. The average molecular weight is 432 g/mol. The average Bonchev–Trinajstić information content (AvgIpc) is 3.03. The van der Waals surface area contributed by atoms with Crippen molar-refractivity contribution in [3.05, 3.63) is 64.5 Å². The van der Waals surface area contributed by atoms with Crippen LogP contribution in [0.1, 0.15) is 21.8 Å². The number of carbonyl (C=O) groups excluding carboxylic acids is 1. The zero-order chi connectivity index (χ0) is 17.1. The van der Waals surface area contributed by atoms with Crippen molar-refractivity contribution in [2.45, 2.75) is 13.5 Å². The molecule has 3 rings (SSSR count). The number of ether oxygens (including phenoxy) is 1. The summed E-state index contributed by atoms with van der Waals surface area (Å²) in [7, 11) is 0. The number of primary amides is 1. The molecule has 0 bridgehead atoms. The Hall–Kier alpha value is -1.76. The van der Waals surface area contributed by atoms with Crippen molar-refractivity contribution < 1.29 is 46.8 Å². The third kappa shape index (κ3) is 4.66. The van der Waals surface area contributed by atoms with Gasteiger partial charge in [0.25, 0.3) is 5.89 Å². The fourth-order valence-electron chi connectivity index (χ4n) is 2.14. The number of aromatic nitrogens is 2. The van der Waals surface area contributed by atoms with Gasteiger partial charge in [0.1, 0.15) is 0 Å². The minimum Gasteiger partial charge on any atom is -0.503 e. The molecule has 1 radical (unpaired) electrons. The number of benzene rings is 2. The van der Waals surface area contributed by atoms with Crippen LogP contribution in [0.3, 0.4) is 0 Å². The van der Waals surface area contributed by atoms with E-state index in [1.807, 2.05) is 0 Å². The van der Waals surface area contributed by atoms with E-state index in [4.69, 9.17) is 26.6 Å². The topological polar surface area (TPSA) is 91.2 Å². The number of nitrogens with two attached hydrogens (primary N) is 1. The van der Waals surface area contributed by atoms with Gasteiger partial charge in [0.05, 0.1) is 0 Å². The van der Waals surface area contributed by atoms with E-state index in [2.05, 4.69) is 16.2 Å². The SMILES string of the molecule is Cc1c(C(N)=O)[c-]ccc1OCc1nc(-c2ccc(Cl)cc2)no1.[Y]. The smallest absolute Gasteiger partial charge is 0.264 e. The Balaban J connectivity index is 0.00000225. The van der Waals surface area contributed by atoms with Gasteiger partial charge in [-0.1, -0.05) is 34.8 Å². The molecule has 1 aromatic heterocycles. The van der Waals surface area contributed by atoms with Crippen LogP contribution in [0, 0.1) is 13.0 Å². The van der Waals surface area contributed by atoms with E-state index in [0.29, 0.717) is 33.6 Å². The number of hydrogen-bond acceptors (Lipinski definition) is 5. The maximum atomic E-state index is 11.3. The Kier molecular flexibility index (Phi) is 6.70. The summed E-state index contributed by atoms with van der Waals surface area (Å²) in [5, 5.41) is 4.54. The van der Waals surface area contributed by atoms with E-state index >= 15 is 0 Å². The molecule has 1 amide bonds. The van der Waals surface area contributed by atoms with Gasteiger partial charge in [0, 0.05) is 49.0 Å². The molecular formula is C17H13ClN3O3Y-. The zero-order valence-corrected chi connectivity index (χ0v) is 16.9. The molecule has 25 heavy (non-hydrogen) atoms. The van der Waals surface area contributed by atoms with Crippen LogP contribution in [0.15, 0.2) is 40.9 Å². The van der Waals surface area contributed by atoms with E-state index in [0.717, 1.165) is 5.56 Å². The van der Waals surface area contributed by atoms with Gasteiger partial charge in [-0.25, -0.2) is 0 Å². The van der Waals surface area contributed by atoms with Crippen molar-refractivity contribution >= 4 is 17.5 Å². The predicted octanol–water partition coefficient (Wildman–Crippen LogP) is 3.17.